The largest absolute Gasteiger partial charge is 0.330 e. The molecule has 1 saturated heterocycles. The summed E-state index contributed by atoms with van der Waals surface area (Å²) in [6.45, 7) is 5.29. The molecule has 2 aromatic carbocycles. The Balaban J connectivity index is 1.23. The molecule has 154 valence electrons. The summed E-state index contributed by atoms with van der Waals surface area (Å²) in [4.78, 5) is 9.73. The monoisotopic (exact) mass is 394 g/mol. The lowest BCUT2D eigenvalue weighted by Gasteiger charge is -2.33. The van der Waals surface area contributed by atoms with Gasteiger partial charge in [0.1, 0.15) is 11.6 Å². The molecule has 0 unspecified atom stereocenters. The number of hydrogen-bond acceptors (Lipinski definition) is 3. The second kappa shape index (κ2) is 9.06. The molecule has 2 heterocycles. The van der Waals surface area contributed by atoms with Crippen LogP contribution in [0.15, 0.2) is 48.5 Å². The van der Waals surface area contributed by atoms with E-state index in [1.54, 1.807) is 12.1 Å². The number of aryl methyl sites for hydroxylation is 1. The van der Waals surface area contributed by atoms with Crippen LogP contribution in [0, 0.1) is 11.7 Å². The van der Waals surface area contributed by atoms with Gasteiger partial charge in [-0.1, -0.05) is 24.3 Å². The molecule has 1 aliphatic heterocycles. The Kier molecular flexibility index (Phi) is 6.26. The number of fused-ring (bicyclic) bond motifs is 1. The van der Waals surface area contributed by atoms with Crippen LogP contribution in [0.5, 0.6) is 0 Å². The van der Waals surface area contributed by atoms with Crippen molar-refractivity contribution in [2.45, 2.75) is 25.8 Å². The summed E-state index contributed by atoms with van der Waals surface area (Å²) in [5, 5.41) is 0. The number of aromatic nitrogens is 2. The molecule has 3 aromatic rings. The molecular weight excluding hydrogens is 363 g/mol. The van der Waals surface area contributed by atoms with Crippen LogP contribution in [-0.2, 0) is 20.0 Å². The smallest absolute Gasteiger partial charge is 0.123 e. The Morgan fingerprint density at radius 1 is 1.10 bits per heavy atom. The van der Waals surface area contributed by atoms with Gasteiger partial charge in [-0.3, -0.25) is 4.90 Å². The van der Waals surface area contributed by atoms with Crippen LogP contribution < -0.4 is 0 Å². The molecule has 0 spiro atoms. The zero-order valence-electron chi connectivity index (χ0n) is 17.5. The molecule has 0 aliphatic carbocycles. The summed E-state index contributed by atoms with van der Waals surface area (Å²) in [6, 6.07) is 15.3. The van der Waals surface area contributed by atoms with Crippen molar-refractivity contribution < 1.29 is 4.39 Å². The average Bonchev–Trinajstić information content (AvgIpc) is 3.03. The van der Waals surface area contributed by atoms with Crippen molar-refractivity contribution >= 4 is 11.0 Å². The van der Waals surface area contributed by atoms with Gasteiger partial charge in [-0.05, 0) is 75.1 Å². The van der Waals surface area contributed by atoms with E-state index in [0.717, 1.165) is 62.0 Å². The third-order valence-electron chi connectivity index (χ3n) is 6.17. The summed E-state index contributed by atoms with van der Waals surface area (Å²) in [7, 11) is 4.31. The molecule has 4 nitrogen and oxygen atoms in total. The number of benzene rings is 2. The van der Waals surface area contributed by atoms with Crippen molar-refractivity contribution in [2.24, 2.45) is 13.0 Å². The van der Waals surface area contributed by atoms with E-state index < -0.39 is 0 Å². The normalized spacial score (nSPS) is 16.1. The summed E-state index contributed by atoms with van der Waals surface area (Å²) >= 11 is 0. The summed E-state index contributed by atoms with van der Waals surface area (Å²) in [5.41, 5.74) is 3.36. The van der Waals surface area contributed by atoms with Crippen LogP contribution in [0.4, 0.5) is 4.39 Å². The van der Waals surface area contributed by atoms with Gasteiger partial charge in [0.25, 0.3) is 0 Å². The molecule has 0 amide bonds. The third kappa shape index (κ3) is 5.03. The minimum absolute atomic E-state index is 0.134. The van der Waals surface area contributed by atoms with E-state index in [4.69, 9.17) is 4.98 Å². The Hall–Kier alpha value is -2.24. The van der Waals surface area contributed by atoms with Crippen molar-refractivity contribution in [3.05, 3.63) is 65.7 Å². The quantitative estimate of drug-likeness (QED) is 0.603. The van der Waals surface area contributed by atoms with Gasteiger partial charge >= 0.3 is 0 Å². The van der Waals surface area contributed by atoms with Gasteiger partial charge in [-0.15, -0.1) is 0 Å². The van der Waals surface area contributed by atoms with Gasteiger partial charge in [-0.2, -0.15) is 0 Å². The minimum Gasteiger partial charge on any atom is -0.330 e. The van der Waals surface area contributed by atoms with E-state index in [9.17, 15) is 4.39 Å². The molecular formula is C24H31FN4. The van der Waals surface area contributed by atoms with E-state index in [1.807, 2.05) is 12.1 Å². The van der Waals surface area contributed by atoms with Crippen molar-refractivity contribution in [1.29, 1.82) is 0 Å². The Morgan fingerprint density at radius 3 is 2.66 bits per heavy atom. The molecule has 5 heteroatoms. The fourth-order valence-electron chi connectivity index (χ4n) is 4.46. The number of hydrogen-bond donors (Lipinski definition) is 0. The lowest BCUT2D eigenvalue weighted by molar-refractivity contribution is 0.152. The zero-order chi connectivity index (χ0) is 20.2. The maximum atomic E-state index is 13.3. The molecule has 1 aliphatic rings. The number of rotatable bonds is 7. The van der Waals surface area contributed by atoms with Crippen molar-refractivity contribution in [3.63, 3.8) is 0 Å². The predicted molar refractivity (Wildman–Crippen MR) is 116 cm³/mol. The maximum Gasteiger partial charge on any atom is 0.123 e. The molecule has 0 saturated carbocycles. The highest BCUT2D eigenvalue weighted by Crippen LogP contribution is 2.20. The molecule has 0 atom stereocenters. The second-order valence-electron chi connectivity index (χ2n) is 8.44. The van der Waals surface area contributed by atoms with E-state index in [2.05, 4.69) is 46.7 Å². The lowest BCUT2D eigenvalue weighted by atomic mass is 9.96. The molecule has 0 radical (unpaired) electrons. The van der Waals surface area contributed by atoms with E-state index in [1.165, 1.54) is 24.4 Å². The van der Waals surface area contributed by atoms with Gasteiger partial charge in [0.05, 0.1) is 17.6 Å². The van der Waals surface area contributed by atoms with Crippen molar-refractivity contribution in [2.75, 3.05) is 33.2 Å². The summed E-state index contributed by atoms with van der Waals surface area (Å²) in [5.74, 6) is 1.73. The second-order valence-corrected chi connectivity index (χ2v) is 8.44. The number of likely N-dealkylation sites (tertiary alicyclic amines) is 1. The van der Waals surface area contributed by atoms with Crippen LogP contribution >= 0.6 is 0 Å². The summed E-state index contributed by atoms with van der Waals surface area (Å²) in [6.07, 6.45) is 3.39. The van der Waals surface area contributed by atoms with Gasteiger partial charge in [0.2, 0.25) is 0 Å². The summed E-state index contributed by atoms with van der Waals surface area (Å²) < 4.78 is 15.5. The Labute approximate surface area is 173 Å². The van der Waals surface area contributed by atoms with E-state index in [0.29, 0.717) is 0 Å². The molecule has 29 heavy (non-hydrogen) atoms. The first kappa shape index (κ1) is 20.0. The number of halogens is 1. The number of para-hydroxylation sites is 2. The highest BCUT2D eigenvalue weighted by atomic mass is 19.1. The first-order valence-corrected chi connectivity index (χ1v) is 10.6. The van der Waals surface area contributed by atoms with Gasteiger partial charge < -0.3 is 9.47 Å². The number of piperidine rings is 1. The van der Waals surface area contributed by atoms with Crippen molar-refractivity contribution in [3.8, 4) is 0 Å². The minimum atomic E-state index is -0.134. The van der Waals surface area contributed by atoms with Crippen LogP contribution in [0.2, 0.25) is 0 Å². The van der Waals surface area contributed by atoms with Crippen molar-refractivity contribution in [1.82, 2.24) is 19.4 Å². The number of nitrogens with zero attached hydrogens (tertiary/aromatic N) is 4. The first-order valence-electron chi connectivity index (χ1n) is 10.6. The number of imidazole rings is 1. The van der Waals surface area contributed by atoms with Gasteiger partial charge in [0.15, 0.2) is 0 Å². The molecule has 0 bridgehead atoms. The standard InChI is InChI=1S/C24H31FN4/c1-27(18-24-26-22-8-3-4-9-23(22)28(24)2)17-20-11-14-29(15-12-20)13-10-19-6-5-7-21(25)16-19/h3-9,16,20H,10-15,17-18H2,1-2H3. The molecule has 4 rings (SSSR count). The Morgan fingerprint density at radius 2 is 1.90 bits per heavy atom. The lowest BCUT2D eigenvalue weighted by Crippen LogP contribution is -2.38. The fraction of sp³-hybridized carbons (Fsp3) is 0.458. The predicted octanol–water partition coefficient (Wildman–Crippen LogP) is 4.10. The topological polar surface area (TPSA) is 24.3 Å². The van der Waals surface area contributed by atoms with Crippen LogP contribution in [-0.4, -0.2) is 52.6 Å². The molecule has 1 aromatic heterocycles. The fourth-order valence-corrected chi connectivity index (χ4v) is 4.46. The third-order valence-corrected chi connectivity index (χ3v) is 6.17. The van der Waals surface area contributed by atoms with Crippen LogP contribution in [0.25, 0.3) is 11.0 Å². The maximum absolute atomic E-state index is 13.3. The van der Waals surface area contributed by atoms with E-state index in [-0.39, 0.29) is 5.82 Å². The molecule has 0 N–H and O–H groups in total. The highest BCUT2D eigenvalue weighted by Gasteiger charge is 2.21. The van der Waals surface area contributed by atoms with E-state index >= 15 is 0 Å². The SMILES string of the molecule is CN(Cc1nc2ccccc2n1C)CC1CCN(CCc2cccc(F)c2)CC1. The van der Waals surface area contributed by atoms with Crippen LogP contribution in [0.3, 0.4) is 0 Å². The van der Waals surface area contributed by atoms with Crippen LogP contribution in [0.1, 0.15) is 24.2 Å². The molecule has 1 fully saturated rings. The highest BCUT2D eigenvalue weighted by molar-refractivity contribution is 5.75. The van der Waals surface area contributed by atoms with Gasteiger partial charge in [0, 0.05) is 20.1 Å². The first-order chi connectivity index (χ1) is 14.1. The Bertz CT molecular complexity index is 943. The average molecular weight is 395 g/mol. The van der Waals surface area contributed by atoms with Gasteiger partial charge in [-0.25, -0.2) is 9.37 Å². The zero-order valence-corrected chi connectivity index (χ0v) is 17.5.